The molecular formula is C29H32F3N3O3. The maximum absolute atomic E-state index is 14.0. The molecule has 2 saturated carbocycles. The van der Waals surface area contributed by atoms with Crippen molar-refractivity contribution in [3.63, 3.8) is 0 Å². The Labute approximate surface area is 220 Å². The van der Waals surface area contributed by atoms with Gasteiger partial charge in [-0.05, 0) is 92.2 Å². The summed E-state index contributed by atoms with van der Waals surface area (Å²) in [6, 6.07) is 9.27. The summed E-state index contributed by atoms with van der Waals surface area (Å²) in [6.07, 6.45) is 5.38. The molecule has 202 valence electrons. The molecule has 0 radical (unpaired) electrons. The number of likely N-dealkylation sites (tertiary alicyclic amines) is 1. The molecule has 2 aromatic rings. The van der Waals surface area contributed by atoms with Gasteiger partial charge in [0.1, 0.15) is 18.0 Å². The molecule has 2 heterocycles. The van der Waals surface area contributed by atoms with Crippen LogP contribution >= 0.6 is 0 Å². The normalized spacial score (nSPS) is 29.9. The van der Waals surface area contributed by atoms with Crippen LogP contribution in [0.2, 0.25) is 0 Å². The Morgan fingerprint density at radius 2 is 1.58 bits per heavy atom. The Morgan fingerprint density at radius 3 is 2.26 bits per heavy atom. The molecule has 0 bridgehead atoms. The Bertz CT molecular complexity index is 1200. The van der Waals surface area contributed by atoms with Crippen LogP contribution in [0.3, 0.4) is 0 Å². The molecule has 9 heteroatoms. The van der Waals surface area contributed by atoms with Crippen LogP contribution in [0.5, 0.6) is 0 Å². The molecule has 0 aromatic heterocycles. The Balaban J connectivity index is 1.08. The number of hydrogen-bond donors (Lipinski definition) is 1. The second-order valence-electron chi connectivity index (χ2n) is 11.2. The van der Waals surface area contributed by atoms with Crippen LogP contribution in [0.4, 0.5) is 22.8 Å². The third-order valence-electron chi connectivity index (χ3n) is 8.72. The summed E-state index contributed by atoms with van der Waals surface area (Å²) in [5, 5.41) is 3.01. The van der Waals surface area contributed by atoms with Crippen molar-refractivity contribution in [2.24, 2.45) is 5.92 Å². The van der Waals surface area contributed by atoms with Crippen LogP contribution in [0.1, 0.15) is 68.0 Å². The number of amides is 3. The largest absolute Gasteiger partial charge is 0.443 e. The van der Waals surface area contributed by atoms with Gasteiger partial charge in [-0.3, -0.25) is 4.90 Å². The van der Waals surface area contributed by atoms with Gasteiger partial charge in [-0.2, -0.15) is 0 Å². The van der Waals surface area contributed by atoms with Gasteiger partial charge < -0.3 is 10.1 Å². The number of nitrogens with one attached hydrogen (secondary N) is 1. The fourth-order valence-electron chi connectivity index (χ4n) is 6.51. The van der Waals surface area contributed by atoms with Gasteiger partial charge in [0.05, 0.1) is 0 Å². The first-order valence-electron chi connectivity index (χ1n) is 13.6. The van der Waals surface area contributed by atoms with E-state index in [4.69, 9.17) is 4.74 Å². The summed E-state index contributed by atoms with van der Waals surface area (Å²) in [5.74, 6) is -1.65. The highest BCUT2D eigenvalue weighted by Crippen LogP contribution is 2.46. The van der Waals surface area contributed by atoms with Gasteiger partial charge in [-0.15, -0.1) is 0 Å². The first-order chi connectivity index (χ1) is 18.4. The molecular weight excluding hydrogens is 495 g/mol. The highest BCUT2D eigenvalue weighted by atomic mass is 19.2. The summed E-state index contributed by atoms with van der Waals surface area (Å²) >= 11 is 0. The second kappa shape index (κ2) is 10.2. The molecule has 0 spiro atoms. The fourth-order valence-corrected chi connectivity index (χ4v) is 6.51. The van der Waals surface area contributed by atoms with Crippen molar-refractivity contribution in [1.82, 2.24) is 15.1 Å². The van der Waals surface area contributed by atoms with E-state index < -0.39 is 35.9 Å². The molecule has 4 aliphatic rings. The van der Waals surface area contributed by atoms with Gasteiger partial charge in [0, 0.05) is 25.2 Å². The molecule has 2 saturated heterocycles. The van der Waals surface area contributed by atoms with Gasteiger partial charge in [0.15, 0.2) is 11.6 Å². The van der Waals surface area contributed by atoms with Crippen molar-refractivity contribution < 1.29 is 27.5 Å². The van der Waals surface area contributed by atoms with Crippen molar-refractivity contribution in [1.29, 1.82) is 0 Å². The minimum atomic E-state index is -1.02. The highest BCUT2D eigenvalue weighted by molar-refractivity contribution is 5.93. The lowest BCUT2D eigenvalue weighted by molar-refractivity contribution is 0.118. The van der Waals surface area contributed by atoms with E-state index in [0.29, 0.717) is 24.1 Å². The molecule has 38 heavy (non-hydrogen) atoms. The van der Waals surface area contributed by atoms with E-state index in [2.05, 4.69) is 10.2 Å². The molecule has 2 aromatic carbocycles. The number of benzene rings is 2. The standard InChI is InChI=1S/C29H32F3N3O3/c30-21-8-3-17(4-9-21)18-5-10-23(11-6-18)34-14-13-22(16-34)33-28(36)35-26(20-7-12-24(31)25(32)15-20)27(19-1-2-19)38-29(35)37/h3-4,7-9,12,15,18-19,22-23,26-27H,1-2,5-6,10-11,13-14,16H2,(H,33,36)/t18?,22-,23?,26?,27+/m1/s1. The first kappa shape index (κ1) is 25.2. The third kappa shape index (κ3) is 5.00. The number of imide groups is 1. The summed E-state index contributed by atoms with van der Waals surface area (Å²) < 4.78 is 46.5. The summed E-state index contributed by atoms with van der Waals surface area (Å²) in [7, 11) is 0. The zero-order valence-corrected chi connectivity index (χ0v) is 21.1. The van der Waals surface area contributed by atoms with Gasteiger partial charge in [-0.1, -0.05) is 18.2 Å². The summed E-state index contributed by atoms with van der Waals surface area (Å²) in [5.41, 5.74) is 1.54. The molecule has 3 atom stereocenters. The first-order valence-corrected chi connectivity index (χ1v) is 13.6. The van der Waals surface area contributed by atoms with Gasteiger partial charge in [0.25, 0.3) is 0 Å². The average Bonchev–Trinajstić information content (AvgIpc) is 3.56. The van der Waals surface area contributed by atoms with Crippen LogP contribution in [0.15, 0.2) is 42.5 Å². The number of urea groups is 1. The Morgan fingerprint density at radius 1 is 0.868 bits per heavy atom. The number of ether oxygens (including phenoxy) is 1. The van der Waals surface area contributed by atoms with Crippen LogP contribution in [0, 0.1) is 23.4 Å². The van der Waals surface area contributed by atoms with E-state index >= 15 is 0 Å². The van der Waals surface area contributed by atoms with Crippen molar-refractivity contribution in [3.05, 3.63) is 71.0 Å². The lowest BCUT2D eigenvalue weighted by atomic mass is 9.81. The van der Waals surface area contributed by atoms with Crippen molar-refractivity contribution >= 4 is 12.1 Å². The lowest BCUT2D eigenvalue weighted by Crippen LogP contribution is -2.48. The van der Waals surface area contributed by atoms with Gasteiger partial charge >= 0.3 is 12.1 Å². The number of nitrogens with zero attached hydrogens (tertiary/aromatic N) is 2. The number of carbonyl (C=O) groups excluding carboxylic acids is 2. The predicted octanol–water partition coefficient (Wildman–Crippen LogP) is 5.89. The number of halogens is 3. The topological polar surface area (TPSA) is 61.9 Å². The highest BCUT2D eigenvalue weighted by Gasteiger charge is 2.52. The van der Waals surface area contributed by atoms with E-state index in [1.165, 1.54) is 23.8 Å². The minimum absolute atomic E-state index is 0.113. The maximum atomic E-state index is 14.0. The van der Waals surface area contributed by atoms with Crippen LogP contribution < -0.4 is 5.32 Å². The lowest BCUT2D eigenvalue weighted by Gasteiger charge is -2.35. The van der Waals surface area contributed by atoms with E-state index in [9.17, 15) is 22.8 Å². The minimum Gasteiger partial charge on any atom is -0.443 e. The average molecular weight is 528 g/mol. The Hall–Kier alpha value is -3.07. The van der Waals surface area contributed by atoms with E-state index in [0.717, 1.165) is 68.5 Å². The zero-order chi connectivity index (χ0) is 26.4. The van der Waals surface area contributed by atoms with Crippen LogP contribution in [-0.4, -0.2) is 53.2 Å². The molecule has 3 amide bonds. The van der Waals surface area contributed by atoms with E-state index in [-0.39, 0.29) is 17.8 Å². The van der Waals surface area contributed by atoms with Gasteiger partial charge in [-0.25, -0.2) is 27.7 Å². The van der Waals surface area contributed by atoms with Crippen LogP contribution in [-0.2, 0) is 4.74 Å². The van der Waals surface area contributed by atoms with Gasteiger partial charge in [0.2, 0.25) is 0 Å². The van der Waals surface area contributed by atoms with Crippen molar-refractivity contribution in [2.75, 3.05) is 13.1 Å². The molecule has 2 aliphatic carbocycles. The SMILES string of the molecule is O=C(N[C@@H]1CCN(C2CCC(c3ccc(F)cc3)CC2)C1)N1C(=O)O[C@@H](C2CC2)C1c1ccc(F)c(F)c1. The second-order valence-corrected chi connectivity index (χ2v) is 11.2. The Kier molecular flexibility index (Phi) is 6.80. The number of cyclic esters (lactones) is 1. The number of carbonyl (C=O) groups is 2. The number of hydrogen-bond acceptors (Lipinski definition) is 4. The van der Waals surface area contributed by atoms with Crippen molar-refractivity contribution in [3.8, 4) is 0 Å². The number of rotatable bonds is 5. The molecule has 2 aliphatic heterocycles. The molecule has 6 nitrogen and oxygen atoms in total. The monoisotopic (exact) mass is 527 g/mol. The van der Waals surface area contributed by atoms with Crippen molar-refractivity contribution in [2.45, 2.75) is 75.1 Å². The molecule has 1 N–H and O–H groups in total. The molecule has 4 fully saturated rings. The van der Waals surface area contributed by atoms with E-state index in [1.807, 2.05) is 12.1 Å². The van der Waals surface area contributed by atoms with Crippen LogP contribution in [0.25, 0.3) is 0 Å². The third-order valence-corrected chi connectivity index (χ3v) is 8.72. The predicted molar refractivity (Wildman–Crippen MR) is 134 cm³/mol. The molecule has 6 rings (SSSR count). The smallest absolute Gasteiger partial charge is 0.419 e. The zero-order valence-electron chi connectivity index (χ0n) is 21.1. The quantitative estimate of drug-likeness (QED) is 0.527. The van der Waals surface area contributed by atoms with E-state index in [1.54, 1.807) is 0 Å². The molecule has 1 unspecified atom stereocenters. The maximum Gasteiger partial charge on any atom is 0.419 e. The fraction of sp³-hybridized carbons (Fsp3) is 0.517. The summed E-state index contributed by atoms with van der Waals surface area (Å²) in [4.78, 5) is 29.6. The summed E-state index contributed by atoms with van der Waals surface area (Å²) in [6.45, 7) is 1.56.